The van der Waals surface area contributed by atoms with Crippen molar-refractivity contribution >= 4 is 17.5 Å². The van der Waals surface area contributed by atoms with Crippen molar-refractivity contribution in [3.05, 3.63) is 59.4 Å². The van der Waals surface area contributed by atoms with Crippen LogP contribution in [0.3, 0.4) is 0 Å². The maximum Gasteiger partial charge on any atom is 0.253 e. The van der Waals surface area contributed by atoms with Gasteiger partial charge in [-0.25, -0.2) is 4.39 Å². The number of anilines is 1. The van der Waals surface area contributed by atoms with E-state index in [-0.39, 0.29) is 34.7 Å². The lowest BCUT2D eigenvalue weighted by molar-refractivity contribution is -0.121. The minimum absolute atomic E-state index is 0.0373. The monoisotopic (exact) mass is 398 g/mol. The molecule has 1 saturated heterocycles. The van der Waals surface area contributed by atoms with Crippen LogP contribution in [0.5, 0.6) is 5.75 Å². The summed E-state index contributed by atoms with van der Waals surface area (Å²) in [7, 11) is 0. The Kier molecular flexibility index (Phi) is 5.91. The highest BCUT2D eigenvalue weighted by Gasteiger charge is 2.28. The third kappa shape index (κ3) is 4.94. The van der Waals surface area contributed by atoms with Gasteiger partial charge in [0.1, 0.15) is 11.6 Å². The second-order valence-corrected chi connectivity index (χ2v) is 8.54. The molecular weight excluding hydrogens is 371 g/mol. The molecule has 0 spiro atoms. The fourth-order valence-corrected chi connectivity index (χ4v) is 3.46. The fourth-order valence-electron chi connectivity index (χ4n) is 3.46. The largest absolute Gasteiger partial charge is 0.506 e. The average molecular weight is 398 g/mol. The number of phenolic OH excluding ortho intramolecular Hbond substituents is 1. The van der Waals surface area contributed by atoms with Crippen LogP contribution in [0, 0.1) is 11.7 Å². The van der Waals surface area contributed by atoms with Gasteiger partial charge in [0.15, 0.2) is 0 Å². The number of carbonyl (C=O) groups is 2. The van der Waals surface area contributed by atoms with Crippen molar-refractivity contribution in [3.8, 4) is 5.75 Å². The number of rotatable bonds is 3. The fraction of sp³-hybridized carbons (Fsp3) is 0.391. The molecule has 0 atom stereocenters. The van der Waals surface area contributed by atoms with Gasteiger partial charge in [-0.1, -0.05) is 26.8 Å². The van der Waals surface area contributed by atoms with E-state index < -0.39 is 0 Å². The van der Waals surface area contributed by atoms with E-state index in [4.69, 9.17) is 0 Å². The molecule has 0 saturated carbocycles. The van der Waals surface area contributed by atoms with Crippen molar-refractivity contribution in [1.82, 2.24) is 4.90 Å². The Hall–Kier alpha value is -2.89. The van der Waals surface area contributed by atoms with E-state index in [1.807, 2.05) is 6.07 Å². The molecule has 0 aliphatic carbocycles. The first kappa shape index (κ1) is 20.8. The van der Waals surface area contributed by atoms with Crippen molar-refractivity contribution in [2.24, 2.45) is 5.92 Å². The highest BCUT2D eigenvalue weighted by atomic mass is 19.1. The van der Waals surface area contributed by atoms with Crippen LogP contribution in [0.2, 0.25) is 0 Å². The summed E-state index contributed by atoms with van der Waals surface area (Å²) in [6.07, 6.45) is 1.08. The molecule has 0 bridgehead atoms. The molecule has 1 fully saturated rings. The average Bonchev–Trinajstić information content (AvgIpc) is 2.69. The van der Waals surface area contributed by atoms with E-state index in [9.17, 15) is 19.1 Å². The predicted octanol–water partition coefficient (Wildman–Crippen LogP) is 4.32. The lowest BCUT2D eigenvalue weighted by Gasteiger charge is -2.31. The zero-order chi connectivity index (χ0) is 21.2. The topological polar surface area (TPSA) is 69.6 Å². The van der Waals surface area contributed by atoms with Crippen molar-refractivity contribution < 1.29 is 19.1 Å². The van der Waals surface area contributed by atoms with Crippen LogP contribution >= 0.6 is 0 Å². The number of hydrogen-bond acceptors (Lipinski definition) is 3. The summed E-state index contributed by atoms with van der Waals surface area (Å²) >= 11 is 0. The molecule has 1 heterocycles. The third-order valence-electron chi connectivity index (χ3n) is 5.36. The zero-order valence-corrected chi connectivity index (χ0v) is 17.0. The summed E-state index contributed by atoms with van der Waals surface area (Å²) in [5, 5.41) is 13.0. The van der Waals surface area contributed by atoms with Gasteiger partial charge in [-0.3, -0.25) is 9.59 Å². The third-order valence-corrected chi connectivity index (χ3v) is 5.36. The van der Waals surface area contributed by atoms with Crippen LogP contribution < -0.4 is 5.32 Å². The first-order chi connectivity index (χ1) is 13.6. The first-order valence-corrected chi connectivity index (χ1v) is 9.84. The van der Waals surface area contributed by atoms with Gasteiger partial charge in [-0.05, 0) is 60.2 Å². The number of benzene rings is 2. The zero-order valence-electron chi connectivity index (χ0n) is 17.0. The Bertz CT molecular complexity index is 895. The predicted molar refractivity (Wildman–Crippen MR) is 110 cm³/mol. The number of amides is 2. The van der Waals surface area contributed by atoms with Gasteiger partial charge in [0, 0.05) is 24.6 Å². The lowest BCUT2D eigenvalue weighted by Crippen LogP contribution is -2.41. The number of aromatic hydroxyl groups is 1. The number of hydrogen-bond donors (Lipinski definition) is 2. The maximum absolute atomic E-state index is 13.0. The highest BCUT2D eigenvalue weighted by molar-refractivity contribution is 5.96. The Morgan fingerprint density at radius 2 is 1.69 bits per heavy atom. The number of likely N-dealkylation sites (tertiary alicyclic amines) is 1. The van der Waals surface area contributed by atoms with Crippen molar-refractivity contribution in [2.45, 2.75) is 39.0 Å². The van der Waals surface area contributed by atoms with Crippen LogP contribution in [0.15, 0.2) is 42.5 Å². The summed E-state index contributed by atoms with van der Waals surface area (Å²) in [5.41, 5.74) is 1.77. The van der Waals surface area contributed by atoms with Crippen molar-refractivity contribution in [2.75, 3.05) is 18.4 Å². The van der Waals surface area contributed by atoms with Gasteiger partial charge < -0.3 is 15.3 Å². The normalized spacial score (nSPS) is 15.2. The second-order valence-electron chi connectivity index (χ2n) is 8.54. The van der Waals surface area contributed by atoms with E-state index in [1.54, 1.807) is 17.0 Å². The molecule has 2 aromatic rings. The summed E-state index contributed by atoms with van der Waals surface area (Å²) in [4.78, 5) is 26.9. The first-order valence-electron chi connectivity index (χ1n) is 9.84. The Morgan fingerprint density at radius 1 is 1.07 bits per heavy atom. The number of piperidine rings is 1. The van der Waals surface area contributed by atoms with E-state index >= 15 is 0 Å². The maximum atomic E-state index is 13.0. The Balaban J connectivity index is 1.60. The lowest BCUT2D eigenvalue weighted by atomic mass is 9.86. The summed E-state index contributed by atoms with van der Waals surface area (Å²) in [6, 6.07) is 10.7. The summed E-state index contributed by atoms with van der Waals surface area (Å²) in [6.45, 7) is 7.13. The number of halogens is 1. The number of carbonyl (C=O) groups excluding carboxylic acids is 2. The number of nitrogens with zero attached hydrogens (tertiary/aromatic N) is 1. The van der Waals surface area contributed by atoms with Gasteiger partial charge in [0.25, 0.3) is 5.91 Å². The van der Waals surface area contributed by atoms with Crippen LogP contribution in [-0.4, -0.2) is 34.9 Å². The molecule has 2 N–H and O–H groups in total. The van der Waals surface area contributed by atoms with Gasteiger partial charge in [-0.2, -0.15) is 0 Å². The quantitative estimate of drug-likeness (QED) is 0.757. The molecule has 6 heteroatoms. The molecule has 2 amide bonds. The van der Waals surface area contributed by atoms with E-state index in [2.05, 4.69) is 26.1 Å². The molecular formula is C23H27FN2O3. The smallest absolute Gasteiger partial charge is 0.253 e. The minimum Gasteiger partial charge on any atom is -0.506 e. The van der Waals surface area contributed by atoms with Crippen LogP contribution in [-0.2, 0) is 10.2 Å². The van der Waals surface area contributed by atoms with Crippen LogP contribution in [0.4, 0.5) is 10.1 Å². The Morgan fingerprint density at radius 3 is 2.28 bits per heavy atom. The molecule has 3 rings (SSSR count). The number of phenols is 1. The van der Waals surface area contributed by atoms with E-state index in [0.29, 0.717) is 37.2 Å². The molecule has 5 nitrogen and oxygen atoms in total. The summed E-state index contributed by atoms with van der Waals surface area (Å²) < 4.78 is 13.0. The van der Waals surface area contributed by atoms with Crippen molar-refractivity contribution in [1.29, 1.82) is 0 Å². The molecule has 0 aromatic heterocycles. The summed E-state index contributed by atoms with van der Waals surface area (Å²) in [5.74, 6) is -0.879. The van der Waals surface area contributed by atoms with Gasteiger partial charge in [0.2, 0.25) is 5.91 Å². The Labute approximate surface area is 170 Å². The molecule has 0 unspecified atom stereocenters. The molecule has 2 aromatic carbocycles. The van der Waals surface area contributed by atoms with Gasteiger partial charge in [-0.15, -0.1) is 0 Å². The minimum atomic E-state index is -0.379. The second kappa shape index (κ2) is 8.23. The molecule has 154 valence electrons. The van der Waals surface area contributed by atoms with Crippen LogP contribution in [0.25, 0.3) is 0 Å². The van der Waals surface area contributed by atoms with Crippen molar-refractivity contribution in [3.63, 3.8) is 0 Å². The number of nitrogens with one attached hydrogen (secondary N) is 1. The molecule has 1 aliphatic heterocycles. The van der Waals surface area contributed by atoms with E-state index in [0.717, 1.165) is 5.56 Å². The molecule has 0 radical (unpaired) electrons. The standard InChI is InChI=1S/C23H27FN2O3/c1-23(2,3)17-6-9-20(27)19(14-17)25-21(28)15-10-12-26(13-11-15)22(29)16-4-7-18(24)8-5-16/h4-9,14-15,27H,10-13H2,1-3H3,(H,25,28). The van der Waals surface area contributed by atoms with Gasteiger partial charge in [0.05, 0.1) is 5.69 Å². The SMILES string of the molecule is CC(C)(C)c1ccc(O)c(NC(=O)C2CCN(C(=O)c3ccc(F)cc3)CC2)c1. The van der Waals surface area contributed by atoms with Gasteiger partial charge >= 0.3 is 0 Å². The molecule has 1 aliphatic rings. The highest BCUT2D eigenvalue weighted by Crippen LogP contribution is 2.31. The molecule has 29 heavy (non-hydrogen) atoms. The van der Waals surface area contributed by atoms with Crippen LogP contribution in [0.1, 0.15) is 49.5 Å². The van der Waals surface area contributed by atoms with E-state index in [1.165, 1.54) is 24.3 Å².